The molecule has 0 unspecified atom stereocenters. The third-order valence-electron chi connectivity index (χ3n) is 2.75. The highest BCUT2D eigenvalue weighted by Crippen LogP contribution is 2.49. The number of nitrogen functional groups attached to an aromatic ring is 1. The van der Waals surface area contributed by atoms with Gasteiger partial charge in [0.2, 0.25) is 5.95 Å². The maximum Gasteiger partial charge on any atom is 0.349 e. The number of aromatic nitrogens is 3. The highest BCUT2D eigenvalue weighted by atomic mass is 16.1. The van der Waals surface area contributed by atoms with Crippen LogP contribution in [-0.2, 0) is 5.41 Å². The first-order chi connectivity index (χ1) is 6.66. The fourth-order valence-electron chi connectivity index (χ4n) is 1.89. The van der Waals surface area contributed by atoms with Gasteiger partial charge in [-0.2, -0.15) is 9.97 Å². The highest BCUT2D eigenvalue weighted by Gasteiger charge is 2.45. The average Bonchev–Trinajstić information content (AvgIpc) is 2.84. The number of nitrogens with two attached hydrogens (primary N) is 1. The van der Waals surface area contributed by atoms with E-state index in [0.29, 0.717) is 0 Å². The molecule has 0 aromatic carbocycles. The first kappa shape index (κ1) is 9.18. The zero-order chi connectivity index (χ0) is 10.2. The fourth-order valence-corrected chi connectivity index (χ4v) is 1.89. The van der Waals surface area contributed by atoms with E-state index in [0.717, 1.165) is 31.5 Å². The molecule has 0 bridgehead atoms. The largest absolute Gasteiger partial charge is 0.368 e. The molecule has 0 spiro atoms. The maximum atomic E-state index is 11.1. The van der Waals surface area contributed by atoms with E-state index < -0.39 is 5.69 Å². The van der Waals surface area contributed by atoms with E-state index in [1.54, 1.807) is 0 Å². The molecule has 1 aliphatic rings. The topological polar surface area (TPSA) is 84.7 Å². The minimum Gasteiger partial charge on any atom is -0.368 e. The van der Waals surface area contributed by atoms with Crippen LogP contribution in [0, 0.1) is 0 Å². The SMILES string of the molecule is CCCC1(c2nc(N)nc(=O)[nH]2)CC1. The maximum absolute atomic E-state index is 11.1. The van der Waals surface area contributed by atoms with Crippen molar-refractivity contribution in [3.63, 3.8) is 0 Å². The summed E-state index contributed by atoms with van der Waals surface area (Å²) in [5.74, 6) is 0.794. The van der Waals surface area contributed by atoms with Crippen molar-refractivity contribution in [3.8, 4) is 0 Å². The number of H-pyrrole nitrogens is 1. The van der Waals surface area contributed by atoms with Crippen LogP contribution in [0.1, 0.15) is 38.4 Å². The van der Waals surface area contributed by atoms with Crippen molar-refractivity contribution in [1.82, 2.24) is 15.0 Å². The lowest BCUT2D eigenvalue weighted by Gasteiger charge is -2.12. The van der Waals surface area contributed by atoms with Crippen molar-refractivity contribution >= 4 is 5.95 Å². The van der Waals surface area contributed by atoms with Crippen molar-refractivity contribution in [3.05, 3.63) is 16.3 Å². The summed E-state index contributed by atoms with van der Waals surface area (Å²) in [4.78, 5) is 21.4. The molecule has 0 amide bonds. The number of aromatic amines is 1. The summed E-state index contributed by atoms with van der Waals surface area (Å²) < 4.78 is 0. The highest BCUT2D eigenvalue weighted by molar-refractivity contribution is 5.22. The van der Waals surface area contributed by atoms with Gasteiger partial charge in [-0.3, -0.25) is 4.98 Å². The standard InChI is InChI=1S/C9H14N4O/c1-2-3-9(4-5-9)6-11-7(10)13-8(14)12-6/h2-5H2,1H3,(H3,10,11,12,13,14). The smallest absolute Gasteiger partial charge is 0.349 e. The lowest BCUT2D eigenvalue weighted by molar-refractivity contribution is 0.564. The van der Waals surface area contributed by atoms with Gasteiger partial charge in [0.25, 0.3) is 0 Å². The van der Waals surface area contributed by atoms with Crippen LogP contribution < -0.4 is 11.4 Å². The number of nitrogens with zero attached hydrogens (tertiary/aromatic N) is 2. The average molecular weight is 194 g/mol. The molecule has 3 N–H and O–H groups in total. The number of anilines is 1. The van der Waals surface area contributed by atoms with Crippen molar-refractivity contribution in [1.29, 1.82) is 0 Å². The van der Waals surface area contributed by atoms with Crippen LogP contribution in [0.15, 0.2) is 4.79 Å². The normalized spacial score (nSPS) is 18.1. The Kier molecular flexibility index (Phi) is 2.02. The molecule has 1 saturated carbocycles. The van der Waals surface area contributed by atoms with Gasteiger partial charge in [-0.1, -0.05) is 13.3 Å². The molecule has 5 heteroatoms. The van der Waals surface area contributed by atoms with Crippen LogP contribution in [0.5, 0.6) is 0 Å². The summed E-state index contributed by atoms with van der Waals surface area (Å²) in [5.41, 5.74) is 5.13. The van der Waals surface area contributed by atoms with Crippen LogP contribution in [0.2, 0.25) is 0 Å². The lowest BCUT2D eigenvalue weighted by Crippen LogP contribution is -2.22. The van der Waals surface area contributed by atoms with Gasteiger partial charge in [-0.25, -0.2) is 4.79 Å². The van der Waals surface area contributed by atoms with Crippen molar-refractivity contribution in [2.45, 2.75) is 38.0 Å². The third-order valence-corrected chi connectivity index (χ3v) is 2.75. The zero-order valence-corrected chi connectivity index (χ0v) is 8.21. The molecule has 1 aromatic rings. The first-order valence-electron chi connectivity index (χ1n) is 4.90. The van der Waals surface area contributed by atoms with Gasteiger partial charge in [0.05, 0.1) is 0 Å². The van der Waals surface area contributed by atoms with Crippen LogP contribution in [0.25, 0.3) is 0 Å². The number of hydrogen-bond acceptors (Lipinski definition) is 4. The molecule has 76 valence electrons. The molecule has 1 aliphatic carbocycles. The minimum absolute atomic E-state index is 0.0751. The molecule has 1 aromatic heterocycles. The van der Waals surface area contributed by atoms with Gasteiger partial charge >= 0.3 is 5.69 Å². The number of hydrogen-bond donors (Lipinski definition) is 2. The van der Waals surface area contributed by atoms with E-state index >= 15 is 0 Å². The van der Waals surface area contributed by atoms with Crippen LogP contribution in [0.4, 0.5) is 5.95 Å². The first-order valence-corrected chi connectivity index (χ1v) is 4.90. The summed E-state index contributed by atoms with van der Waals surface area (Å²) >= 11 is 0. The molecule has 0 saturated heterocycles. The molecule has 5 nitrogen and oxygen atoms in total. The quantitative estimate of drug-likeness (QED) is 0.737. The summed E-state index contributed by atoms with van der Waals surface area (Å²) in [7, 11) is 0. The number of rotatable bonds is 3. The summed E-state index contributed by atoms with van der Waals surface area (Å²) in [5, 5.41) is 0. The van der Waals surface area contributed by atoms with Gasteiger partial charge in [-0.15, -0.1) is 0 Å². The summed E-state index contributed by atoms with van der Waals surface area (Å²) in [6.45, 7) is 2.13. The zero-order valence-electron chi connectivity index (χ0n) is 8.21. The molecular formula is C9H14N4O. The van der Waals surface area contributed by atoms with Crippen molar-refractivity contribution in [2.75, 3.05) is 5.73 Å². The minimum atomic E-state index is -0.394. The molecule has 1 heterocycles. The van der Waals surface area contributed by atoms with E-state index in [9.17, 15) is 4.79 Å². The molecule has 14 heavy (non-hydrogen) atoms. The second-order valence-electron chi connectivity index (χ2n) is 3.89. The van der Waals surface area contributed by atoms with E-state index in [1.807, 2.05) is 0 Å². The lowest BCUT2D eigenvalue weighted by atomic mass is 10.00. The Morgan fingerprint density at radius 3 is 2.71 bits per heavy atom. The van der Waals surface area contributed by atoms with E-state index in [1.165, 1.54) is 0 Å². The van der Waals surface area contributed by atoms with Crippen molar-refractivity contribution in [2.24, 2.45) is 0 Å². The van der Waals surface area contributed by atoms with Gasteiger partial charge in [-0.05, 0) is 19.3 Å². The Labute approximate surface area is 81.8 Å². The van der Waals surface area contributed by atoms with E-state index in [2.05, 4.69) is 21.9 Å². The molecule has 2 rings (SSSR count). The second-order valence-corrected chi connectivity index (χ2v) is 3.89. The predicted octanol–water partition coefficient (Wildman–Crippen LogP) is 0.579. The van der Waals surface area contributed by atoms with Gasteiger partial charge in [0, 0.05) is 5.41 Å². The van der Waals surface area contributed by atoms with E-state index in [4.69, 9.17) is 5.73 Å². The fraction of sp³-hybridized carbons (Fsp3) is 0.667. The predicted molar refractivity (Wildman–Crippen MR) is 52.9 cm³/mol. The Bertz CT molecular complexity index is 394. The Balaban J connectivity index is 2.36. The van der Waals surface area contributed by atoms with Gasteiger partial charge in [0.1, 0.15) is 5.82 Å². The van der Waals surface area contributed by atoms with E-state index in [-0.39, 0.29) is 11.4 Å². The van der Waals surface area contributed by atoms with Crippen LogP contribution in [0.3, 0.4) is 0 Å². The molecular weight excluding hydrogens is 180 g/mol. The molecule has 0 aliphatic heterocycles. The second kappa shape index (κ2) is 3.08. The van der Waals surface area contributed by atoms with Gasteiger partial charge < -0.3 is 5.73 Å². The third kappa shape index (κ3) is 1.49. The summed E-state index contributed by atoms with van der Waals surface area (Å²) in [6, 6.07) is 0. The number of nitrogens with one attached hydrogen (secondary N) is 1. The molecule has 0 radical (unpaired) electrons. The van der Waals surface area contributed by atoms with Crippen LogP contribution in [-0.4, -0.2) is 15.0 Å². The van der Waals surface area contributed by atoms with Gasteiger partial charge in [0.15, 0.2) is 0 Å². The molecule has 1 fully saturated rings. The Hall–Kier alpha value is -1.39. The summed E-state index contributed by atoms with van der Waals surface area (Å²) in [6.07, 6.45) is 4.33. The van der Waals surface area contributed by atoms with Crippen molar-refractivity contribution < 1.29 is 0 Å². The Morgan fingerprint density at radius 1 is 1.50 bits per heavy atom. The Morgan fingerprint density at radius 2 is 2.21 bits per heavy atom. The van der Waals surface area contributed by atoms with Crippen LogP contribution >= 0.6 is 0 Å². The monoisotopic (exact) mass is 194 g/mol. The molecule has 0 atom stereocenters.